The van der Waals surface area contributed by atoms with E-state index >= 15 is 0 Å². The summed E-state index contributed by atoms with van der Waals surface area (Å²) in [7, 11) is 0. The Bertz CT molecular complexity index is 591. The molecule has 2 nitrogen and oxygen atoms in total. The first kappa shape index (κ1) is 13.1. The summed E-state index contributed by atoms with van der Waals surface area (Å²) >= 11 is 5.16. The monoisotopic (exact) mass is 307 g/mol. The maximum absolute atomic E-state index is 11.7. The molecule has 0 unspecified atom stereocenters. The first-order chi connectivity index (χ1) is 9.28. The normalized spacial score (nSPS) is 18.6. The number of hydrogen-bond donors (Lipinski definition) is 1. The first-order valence-electron chi connectivity index (χ1n) is 5.90. The predicted molar refractivity (Wildman–Crippen MR) is 85.5 cm³/mol. The van der Waals surface area contributed by atoms with Gasteiger partial charge in [0.1, 0.15) is 0 Å². The molecule has 0 radical (unpaired) electrons. The highest BCUT2D eigenvalue weighted by Gasteiger charge is 2.25. The van der Waals surface area contributed by atoms with Crippen molar-refractivity contribution >= 4 is 46.5 Å². The molecule has 2 heterocycles. The van der Waals surface area contributed by atoms with Crippen LogP contribution in [-0.4, -0.2) is 17.9 Å². The highest BCUT2D eigenvalue weighted by atomic mass is 32.2. The molecule has 1 aromatic carbocycles. The summed E-state index contributed by atoms with van der Waals surface area (Å²) in [6, 6.07) is 10.6. The summed E-state index contributed by atoms with van der Waals surface area (Å²) in [5.41, 5.74) is 2.24. The van der Waals surface area contributed by atoms with Crippen molar-refractivity contribution < 1.29 is 4.79 Å². The fraction of sp³-hybridized carbons (Fsp3) is 0.214. The standard InChI is InChI=1S/C14H13NOS3/c1-17-10-4-2-9(3-5-10)13-14-11(6-7-18-14)15-12(16)8-19-13/h2-7,13H,8H2,1H3,(H,15,16)/t13-/m0/s1. The van der Waals surface area contributed by atoms with Gasteiger partial charge in [-0.1, -0.05) is 12.1 Å². The molecule has 0 bridgehead atoms. The Labute approximate surface area is 125 Å². The molecule has 1 atom stereocenters. The number of rotatable bonds is 2. The van der Waals surface area contributed by atoms with Gasteiger partial charge in [-0.2, -0.15) is 0 Å². The minimum Gasteiger partial charge on any atom is -0.324 e. The number of thioether (sulfide) groups is 2. The minimum atomic E-state index is 0.0906. The summed E-state index contributed by atoms with van der Waals surface area (Å²) in [5.74, 6) is 0.601. The number of carbonyl (C=O) groups is 1. The van der Waals surface area contributed by atoms with Gasteiger partial charge >= 0.3 is 0 Å². The van der Waals surface area contributed by atoms with Crippen LogP contribution in [0.3, 0.4) is 0 Å². The van der Waals surface area contributed by atoms with E-state index in [4.69, 9.17) is 0 Å². The molecule has 2 aromatic rings. The van der Waals surface area contributed by atoms with E-state index in [-0.39, 0.29) is 11.2 Å². The molecule has 0 saturated carbocycles. The van der Waals surface area contributed by atoms with Gasteiger partial charge < -0.3 is 5.32 Å². The van der Waals surface area contributed by atoms with E-state index in [1.807, 2.05) is 11.4 Å². The Kier molecular flexibility index (Phi) is 3.86. The molecule has 1 amide bonds. The molecule has 19 heavy (non-hydrogen) atoms. The van der Waals surface area contributed by atoms with Gasteiger partial charge in [0.05, 0.1) is 16.7 Å². The zero-order valence-corrected chi connectivity index (χ0v) is 12.8. The van der Waals surface area contributed by atoms with Gasteiger partial charge in [-0.3, -0.25) is 4.79 Å². The maximum atomic E-state index is 11.7. The van der Waals surface area contributed by atoms with Crippen LogP contribution >= 0.6 is 34.9 Å². The molecule has 1 aromatic heterocycles. The third kappa shape index (κ3) is 2.68. The summed E-state index contributed by atoms with van der Waals surface area (Å²) in [5, 5.41) is 5.27. The van der Waals surface area contributed by atoms with Gasteiger partial charge in [-0.15, -0.1) is 34.9 Å². The Morgan fingerprint density at radius 2 is 2.05 bits per heavy atom. The molecule has 0 spiro atoms. The van der Waals surface area contributed by atoms with Crippen LogP contribution in [0.25, 0.3) is 0 Å². The van der Waals surface area contributed by atoms with E-state index in [1.165, 1.54) is 15.3 Å². The van der Waals surface area contributed by atoms with Crippen molar-refractivity contribution in [2.24, 2.45) is 0 Å². The molecule has 1 aliphatic rings. The smallest absolute Gasteiger partial charge is 0.234 e. The molecular weight excluding hydrogens is 294 g/mol. The summed E-state index contributed by atoms with van der Waals surface area (Å²) in [6.45, 7) is 0. The van der Waals surface area contributed by atoms with Gasteiger partial charge in [-0.25, -0.2) is 0 Å². The van der Waals surface area contributed by atoms with Crippen LogP contribution in [0.1, 0.15) is 15.7 Å². The third-order valence-corrected chi connectivity index (χ3v) is 6.15. The quantitative estimate of drug-likeness (QED) is 0.841. The molecule has 5 heteroatoms. The lowest BCUT2D eigenvalue weighted by molar-refractivity contribution is -0.113. The summed E-state index contributed by atoms with van der Waals surface area (Å²) < 4.78 is 0. The van der Waals surface area contributed by atoms with Crippen LogP contribution in [0.15, 0.2) is 40.6 Å². The van der Waals surface area contributed by atoms with Gasteiger partial charge in [0.2, 0.25) is 5.91 Å². The van der Waals surface area contributed by atoms with Crippen LogP contribution in [0.2, 0.25) is 0 Å². The van der Waals surface area contributed by atoms with E-state index in [2.05, 4.69) is 35.8 Å². The fourth-order valence-electron chi connectivity index (χ4n) is 2.07. The van der Waals surface area contributed by atoms with E-state index in [9.17, 15) is 4.79 Å². The number of anilines is 1. The lowest BCUT2D eigenvalue weighted by Crippen LogP contribution is -2.11. The molecule has 0 fully saturated rings. The van der Waals surface area contributed by atoms with Crippen molar-refractivity contribution in [1.29, 1.82) is 0 Å². The molecule has 1 N–H and O–H groups in total. The second-order valence-corrected chi connectivity index (χ2v) is 7.13. The Morgan fingerprint density at radius 1 is 1.26 bits per heavy atom. The highest BCUT2D eigenvalue weighted by molar-refractivity contribution is 8.00. The first-order valence-corrected chi connectivity index (χ1v) is 9.06. The van der Waals surface area contributed by atoms with Crippen LogP contribution in [-0.2, 0) is 4.79 Å². The number of amides is 1. The lowest BCUT2D eigenvalue weighted by Gasteiger charge is -2.14. The van der Waals surface area contributed by atoms with Crippen molar-refractivity contribution in [2.75, 3.05) is 17.3 Å². The lowest BCUT2D eigenvalue weighted by atomic mass is 10.1. The average molecular weight is 307 g/mol. The Hall–Kier alpha value is -0.910. The maximum Gasteiger partial charge on any atom is 0.234 e. The van der Waals surface area contributed by atoms with Crippen LogP contribution in [0.4, 0.5) is 5.69 Å². The third-order valence-electron chi connectivity index (χ3n) is 3.01. The summed E-state index contributed by atoms with van der Waals surface area (Å²) in [4.78, 5) is 14.2. The van der Waals surface area contributed by atoms with Crippen LogP contribution in [0.5, 0.6) is 0 Å². The van der Waals surface area contributed by atoms with E-state index < -0.39 is 0 Å². The zero-order chi connectivity index (χ0) is 13.2. The van der Waals surface area contributed by atoms with Crippen molar-refractivity contribution in [3.63, 3.8) is 0 Å². The van der Waals surface area contributed by atoms with Crippen LogP contribution < -0.4 is 5.32 Å². The number of nitrogens with one attached hydrogen (secondary N) is 1. The molecule has 0 aliphatic carbocycles. The number of carbonyl (C=O) groups excluding carboxylic acids is 1. The summed E-state index contributed by atoms with van der Waals surface area (Å²) in [6.07, 6.45) is 2.08. The number of hydrogen-bond acceptors (Lipinski definition) is 4. The van der Waals surface area contributed by atoms with Gasteiger partial charge in [0.25, 0.3) is 0 Å². The minimum absolute atomic E-state index is 0.0906. The van der Waals surface area contributed by atoms with E-state index in [0.717, 1.165) is 5.69 Å². The average Bonchev–Trinajstić information content (AvgIpc) is 2.82. The molecule has 3 rings (SSSR count). The topological polar surface area (TPSA) is 29.1 Å². The van der Waals surface area contributed by atoms with Crippen molar-refractivity contribution in [3.05, 3.63) is 46.2 Å². The molecule has 0 saturated heterocycles. The van der Waals surface area contributed by atoms with Gasteiger partial charge in [0.15, 0.2) is 0 Å². The van der Waals surface area contributed by atoms with Crippen molar-refractivity contribution in [2.45, 2.75) is 10.1 Å². The second kappa shape index (κ2) is 5.61. The van der Waals surface area contributed by atoms with Gasteiger partial charge in [0, 0.05) is 9.77 Å². The SMILES string of the molecule is CSc1ccc([C@@H]2SCC(=O)Nc3ccsc32)cc1. The second-order valence-electron chi connectivity index (χ2n) is 4.21. The number of benzene rings is 1. The fourth-order valence-corrected chi connectivity index (χ4v) is 4.73. The molecular formula is C14H13NOS3. The zero-order valence-electron chi connectivity index (χ0n) is 10.4. The number of fused-ring (bicyclic) bond motifs is 1. The highest BCUT2D eigenvalue weighted by Crippen LogP contribution is 2.44. The van der Waals surface area contributed by atoms with Crippen molar-refractivity contribution in [3.8, 4) is 0 Å². The van der Waals surface area contributed by atoms with E-state index in [0.29, 0.717) is 5.75 Å². The number of thiophene rings is 1. The van der Waals surface area contributed by atoms with Gasteiger partial charge in [-0.05, 0) is 35.4 Å². The molecule has 98 valence electrons. The Morgan fingerprint density at radius 3 is 2.79 bits per heavy atom. The Balaban J connectivity index is 1.98. The van der Waals surface area contributed by atoms with E-state index in [1.54, 1.807) is 34.9 Å². The van der Waals surface area contributed by atoms with Crippen molar-refractivity contribution in [1.82, 2.24) is 0 Å². The predicted octanol–water partition coefficient (Wildman–Crippen LogP) is 4.24. The largest absolute Gasteiger partial charge is 0.324 e. The van der Waals surface area contributed by atoms with Crippen LogP contribution in [0, 0.1) is 0 Å². The molecule has 1 aliphatic heterocycles.